The first-order valence-corrected chi connectivity index (χ1v) is 5.98. The van der Waals surface area contributed by atoms with Gasteiger partial charge < -0.3 is 0 Å². The minimum atomic E-state index is 0.443. The number of halogens is 1. The van der Waals surface area contributed by atoms with E-state index < -0.39 is 0 Å². The number of benzene rings is 1. The molecule has 2 rings (SSSR count). The van der Waals surface area contributed by atoms with Crippen molar-refractivity contribution in [1.29, 1.82) is 0 Å². The van der Waals surface area contributed by atoms with Crippen LogP contribution in [0.2, 0.25) is 0 Å². The Morgan fingerprint density at radius 1 is 1.14 bits per heavy atom. The average molecular weight is 209 g/mol. The van der Waals surface area contributed by atoms with Crippen molar-refractivity contribution in [3.8, 4) is 0 Å². The van der Waals surface area contributed by atoms with Gasteiger partial charge in [-0.2, -0.15) is 0 Å². The van der Waals surface area contributed by atoms with Gasteiger partial charge in [0.25, 0.3) is 0 Å². The Hall–Kier alpha value is -0.490. The highest BCUT2D eigenvalue weighted by Crippen LogP contribution is 2.33. The molecule has 1 fully saturated rings. The van der Waals surface area contributed by atoms with Crippen LogP contribution in [0.4, 0.5) is 0 Å². The van der Waals surface area contributed by atoms with E-state index in [1.165, 1.54) is 37.7 Å². The summed E-state index contributed by atoms with van der Waals surface area (Å²) in [6, 6.07) is 10.7. The van der Waals surface area contributed by atoms with E-state index in [1.807, 2.05) is 0 Å². The highest BCUT2D eigenvalue weighted by molar-refractivity contribution is 6.20. The van der Waals surface area contributed by atoms with Crippen molar-refractivity contribution in [2.75, 3.05) is 0 Å². The maximum atomic E-state index is 6.24. The zero-order chi connectivity index (χ0) is 9.80. The molecule has 0 nitrogen and oxygen atoms in total. The lowest BCUT2D eigenvalue weighted by atomic mass is 9.98. The Morgan fingerprint density at radius 2 is 1.93 bits per heavy atom. The zero-order valence-electron chi connectivity index (χ0n) is 8.45. The molecular formula is C13H17Cl. The smallest absolute Gasteiger partial charge is 0.0364 e. The van der Waals surface area contributed by atoms with Gasteiger partial charge in [0, 0.05) is 5.38 Å². The standard InChI is InChI=1S/C13H17Cl/c14-13-8-4-7-12(13)10-9-11-5-2-1-3-6-11/h1-3,5-6,12-13H,4,7-10H2/t12-,13+/m1/s1. The third-order valence-corrected chi connectivity index (χ3v) is 3.79. The van der Waals surface area contributed by atoms with Crippen LogP contribution in [0.1, 0.15) is 31.2 Å². The molecule has 0 aliphatic heterocycles. The van der Waals surface area contributed by atoms with Crippen molar-refractivity contribution >= 4 is 11.6 Å². The SMILES string of the molecule is Cl[C@H]1CCC[C@@H]1CCc1ccccc1. The maximum Gasteiger partial charge on any atom is 0.0364 e. The Balaban J connectivity index is 1.82. The second kappa shape index (κ2) is 4.84. The van der Waals surface area contributed by atoms with Gasteiger partial charge in [-0.1, -0.05) is 36.8 Å². The van der Waals surface area contributed by atoms with Gasteiger partial charge in [-0.15, -0.1) is 11.6 Å². The van der Waals surface area contributed by atoms with Crippen molar-refractivity contribution < 1.29 is 0 Å². The van der Waals surface area contributed by atoms with Crippen molar-refractivity contribution in [2.24, 2.45) is 5.92 Å². The summed E-state index contributed by atoms with van der Waals surface area (Å²) in [5, 5.41) is 0.443. The number of hydrogen-bond acceptors (Lipinski definition) is 0. The molecule has 0 N–H and O–H groups in total. The first-order valence-electron chi connectivity index (χ1n) is 5.54. The van der Waals surface area contributed by atoms with Gasteiger partial charge in [0.1, 0.15) is 0 Å². The van der Waals surface area contributed by atoms with Gasteiger partial charge in [-0.05, 0) is 37.2 Å². The van der Waals surface area contributed by atoms with E-state index in [-0.39, 0.29) is 0 Å². The normalized spacial score (nSPS) is 26.6. The van der Waals surface area contributed by atoms with Gasteiger partial charge in [0.15, 0.2) is 0 Å². The molecule has 0 radical (unpaired) electrons. The molecule has 0 unspecified atom stereocenters. The highest BCUT2D eigenvalue weighted by Gasteiger charge is 2.24. The first kappa shape index (κ1) is 10.0. The van der Waals surface area contributed by atoms with Crippen LogP contribution in [-0.4, -0.2) is 5.38 Å². The maximum absolute atomic E-state index is 6.24. The van der Waals surface area contributed by atoms with Crippen molar-refractivity contribution in [2.45, 2.75) is 37.5 Å². The summed E-state index contributed by atoms with van der Waals surface area (Å²) in [6.07, 6.45) is 6.34. The molecule has 1 aliphatic carbocycles. The minimum Gasteiger partial charge on any atom is -0.123 e. The van der Waals surface area contributed by atoms with E-state index in [0.29, 0.717) is 5.38 Å². The van der Waals surface area contributed by atoms with Crippen molar-refractivity contribution in [3.05, 3.63) is 35.9 Å². The quantitative estimate of drug-likeness (QED) is 0.658. The van der Waals surface area contributed by atoms with E-state index in [9.17, 15) is 0 Å². The minimum absolute atomic E-state index is 0.443. The molecule has 14 heavy (non-hydrogen) atoms. The van der Waals surface area contributed by atoms with Crippen LogP contribution in [-0.2, 0) is 6.42 Å². The summed E-state index contributed by atoms with van der Waals surface area (Å²) in [7, 11) is 0. The molecule has 0 bridgehead atoms. The fourth-order valence-electron chi connectivity index (χ4n) is 2.31. The van der Waals surface area contributed by atoms with Crippen molar-refractivity contribution in [3.63, 3.8) is 0 Å². The summed E-state index contributed by atoms with van der Waals surface area (Å²) in [5.74, 6) is 0.761. The fraction of sp³-hybridized carbons (Fsp3) is 0.538. The summed E-state index contributed by atoms with van der Waals surface area (Å²) >= 11 is 6.24. The lowest BCUT2D eigenvalue weighted by Gasteiger charge is -2.12. The Labute approximate surface area is 91.3 Å². The molecule has 0 amide bonds. The summed E-state index contributed by atoms with van der Waals surface area (Å²) in [5.41, 5.74) is 1.45. The number of alkyl halides is 1. The predicted octanol–water partition coefficient (Wildman–Crippen LogP) is 4.03. The molecular weight excluding hydrogens is 192 g/mol. The molecule has 0 aromatic heterocycles. The molecule has 0 saturated heterocycles. The summed E-state index contributed by atoms with van der Waals surface area (Å²) in [6.45, 7) is 0. The number of hydrogen-bond donors (Lipinski definition) is 0. The van der Waals surface area contributed by atoms with Crippen LogP contribution >= 0.6 is 11.6 Å². The lowest BCUT2D eigenvalue weighted by Crippen LogP contribution is -2.07. The third-order valence-electron chi connectivity index (χ3n) is 3.21. The predicted molar refractivity (Wildman–Crippen MR) is 61.7 cm³/mol. The molecule has 0 spiro atoms. The summed E-state index contributed by atoms with van der Waals surface area (Å²) in [4.78, 5) is 0. The van der Waals surface area contributed by atoms with E-state index >= 15 is 0 Å². The van der Waals surface area contributed by atoms with Crippen LogP contribution in [0.3, 0.4) is 0 Å². The second-order valence-electron chi connectivity index (χ2n) is 4.23. The molecule has 76 valence electrons. The van der Waals surface area contributed by atoms with Gasteiger partial charge in [-0.3, -0.25) is 0 Å². The molecule has 1 saturated carbocycles. The van der Waals surface area contributed by atoms with Gasteiger partial charge in [0.2, 0.25) is 0 Å². The van der Waals surface area contributed by atoms with E-state index in [0.717, 1.165) is 5.92 Å². The van der Waals surface area contributed by atoms with Crippen LogP contribution in [0.25, 0.3) is 0 Å². The van der Waals surface area contributed by atoms with E-state index in [4.69, 9.17) is 11.6 Å². The molecule has 0 heterocycles. The van der Waals surface area contributed by atoms with Gasteiger partial charge >= 0.3 is 0 Å². The van der Waals surface area contributed by atoms with Crippen molar-refractivity contribution in [1.82, 2.24) is 0 Å². The van der Waals surface area contributed by atoms with E-state index in [2.05, 4.69) is 30.3 Å². The number of rotatable bonds is 3. The molecule has 1 aromatic rings. The average Bonchev–Trinajstić information content (AvgIpc) is 2.63. The molecule has 2 atom stereocenters. The Bertz CT molecular complexity index is 268. The van der Waals surface area contributed by atoms with Crippen LogP contribution < -0.4 is 0 Å². The highest BCUT2D eigenvalue weighted by atomic mass is 35.5. The number of aryl methyl sites for hydroxylation is 1. The zero-order valence-corrected chi connectivity index (χ0v) is 9.21. The third kappa shape index (κ3) is 2.51. The monoisotopic (exact) mass is 208 g/mol. The van der Waals surface area contributed by atoms with Crippen LogP contribution in [0.15, 0.2) is 30.3 Å². The van der Waals surface area contributed by atoms with E-state index in [1.54, 1.807) is 0 Å². The Morgan fingerprint density at radius 3 is 2.57 bits per heavy atom. The van der Waals surface area contributed by atoms with Crippen LogP contribution in [0, 0.1) is 5.92 Å². The Kier molecular flexibility index (Phi) is 3.47. The molecule has 1 aromatic carbocycles. The van der Waals surface area contributed by atoms with Gasteiger partial charge in [0.05, 0.1) is 0 Å². The molecule has 1 aliphatic rings. The largest absolute Gasteiger partial charge is 0.123 e. The summed E-state index contributed by atoms with van der Waals surface area (Å²) < 4.78 is 0. The first-order chi connectivity index (χ1) is 6.86. The fourth-order valence-corrected chi connectivity index (χ4v) is 2.72. The van der Waals surface area contributed by atoms with Crippen LogP contribution in [0.5, 0.6) is 0 Å². The second-order valence-corrected chi connectivity index (χ2v) is 4.79. The molecule has 1 heteroatoms. The topological polar surface area (TPSA) is 0 Å². The van der Waals surface area contributed by atoms with Gasteiger partial charge in [-0.25, -0.2) is 0 Å². The lowest BCUT2D eigenvalue weighted by molar-refractivity contribution is 0.509.